The van der Waals surface area contributed by atoms with E-state index in [4.69, 9.17) is 10.5 Å². The molecule has 1 aromatic carbocycles. The molecule has 0 saturated carbocycles. The van der Waals surface area contributed by atoms with Crippen LogP contribution in [0.1, 0.15) is 6.92 Å². The molecule has 0 aliphatic heterocycles. The molecule has 19 heavy (non-hydrogen) atoms. The van der Waals surface area contributed by atoms with Crippen LogP contribution in [0.5, 0.6) is 5.75 Å². The molecule has 3 aromatic rings. The van der Waals surface area contributed by atoms with Crippen LogP contribution in [0, 0.1) is 0 Å². The number of rotatable bonds is 2. The highest BCUT2D eigenvalue weighted by molar-refractivity contribution is 7.22. The summed E-state index contributed by atoms with van der Waals surface area (Å²) in [5, 5.41) is 1.60. The van der Waals surface area contributed by atoms with E-state index in [1.165, 1.54) is 11.3 Å². The van der Waals surface area contributed by atoms with Crippen molar-refractivity contribution in [2.45, 2.75) is 6.92 Å². The second kappa shape index (κ2) is 4.47. The Labute approximate surface area is 112 Å². The minimum atomic E-state index is -0.345. The molecule has 6 heteroatoms. The minimum Gasteiger partial charge on any atom is -0.494 e. The average molecular weight is 273 g/mol. The van der Waals surface area contributed by atoms with Crippen molar-refractivity contribution >= 4 is 37.5 Å². The van der Waals surface area contributed by atoms with Crippen LogP contribution >= 0.6 is 11.3 Å². The molecule has 0 radical (unpaired) electrons. The van der Waals surface area contributed by atoms with Crippen molar-refractivity contribution < 1.29 is 4.74 Å². The van der Waals surface area contributed by atoms with E-state index in [0.29, 0.717) is 12.0 Å². The second-order valence-corrected chi connectivity index (χ2v) is 5.00. The van der Waals surface area contributed by atoms with Crippen molar-refractivity contribution in [1.29, 1.82) is 0 Å². The molecular weight excluding hydrogens is 262 g/mol. The molecule has 0 aliphatic rings. The van der Waals surface area contributed by atoms with Gasteiger partial charge in [0.25, 0.3) is 5.56 Å². The van der Waals surface area contributed by atoms with Gasteiger partial charge in [0, 0.05) is 11.6 Å². The summed E-state index contributed by atoms with van der Waals surface area (Å²) >= 11 is 1.28. The van der Waals surface area contributed by atoms with Gasteiger partial charge in [0.15, 0.2) is 5.13 Å². The van der Waals surface area contributed by atoms with Gasteiger partial charge < -0.3 is 10.5 Å². The zero-order chi connectivity index (χ0) is 13.4. The van der Waals surface area contributed by atoms with E-state index in [0.717, 1.165) is 21.4 Å². The number of pyridine rings is 1. The first-order chi connectivity index (χ1) is 9.19. The number of aromatic nitrogens is 2. The van der Waals surface area contributed by atoms with Crippen LogP contribution in [0.2, 0.25) is 0 Å². The predicted octanol–water partition coefficient (Wildman–Crippen LogP) is 2.19. The van der Waals surface area contributed by atoms with Crippen molar-refractivity contribution in [1.82, 2.24) is 9.97 Å². The normalized spacial score (nSPS) is 11.0. The fourth-order valence-electron chi connectivity index (χ4n) is 1.95. The lowest BCUT2D eigenvalue weighted by Crippen LogP contribution is -2.07. The highest BCUT2D eigenvalue weighted by Crippen LogP contribution is 2.29. The van der Waals surface area contributed by atoms with Gasteiger partial charge in [-0.1, -0.05) is 11.3 Å². The maximum Gasteiger partial charge on any atom is 0.282 e. The maximum absolute atomic E-state index is 11.8. The van der Waals surface area contributed by atoms with Gasteiger partial charge in [0.05, 0.1) is 22.2 Å². The van der Waals surface area contributed by atoms with Gasteiger partial charge in [-0.3, -0.25) is 9.78 Å². The fourth-order valence-corrected chi connectivity index (χ4v) is 2.81. The number of ether oxygens (including phenoxy) is 1. The van der Waals surface area contributed by atoms with Gasteiger partial charge in [-0.25, -0.2) is 0 Å². The Hall–Kier alpha value is -2.21. The van der Waals surface area contributed by atoms with Crippen molar-refractivity contribution in [3.05, 3.63) is 34.7 Å². The van der Waals surface area contributed by atoms with E-state index < -0.39 is 0 Å². The van der Waals surface area contributed by atoms with Gasteiger partial charge in [-0.2, -0.15) is 4.98 Å². The molecule has 0 fully saturated rings. The molecule has 0 spiro atoms. The third kappa shape index (κ3) is 2.00. The zero-order valence-electron chi connectivity index (χ0n) is 10.2. The monoisotopic (exact) mass is 273 g/mol. The van der Waals surface area contributed by atoms with Gasteiger partial charge in [-0.05, 0) is 25.1 Å². The molecule has 0 bridgehead atoms. The average Bonchev–Trinajstić information content (AvgIpc) is 2.39. The van der Waals surface area contributed by atoms with Crippen LogP contribution in [0.25, 0.3) is 21.0 Å². The lowest BCUT2D eigenvalue weighted by atomic mass is 10.2. The van der Waals surface area contributed by atoms with Gasteiger partial charge in [0.2, 0.25) is 0 Å². The van der Waals surface area contributed by atoms with E-state index in [1.54, 1.807) is 6.20 Å². The highest BCUT2D eigenvalue weighted by Gasteiger charge is 2.08. The van der Waals surface area contributed by atoms with Crippen molar-refractivity contribution in [2.75, 3.05) is 12.3 Å². The van der Waals surface area contributed by atoms with Crippen LogP contribution < -0.4 is 16.0 Å². The number of anilines is 1. The van der Waals surface area contributed by atoms with Gasteiger partial charge in [-0.15, -0.1) is 0 Å². The molecule has 0 amide bonds. The number of fused-ring (bicyclic) bond motifs is 3. The summed E-state index contributed by atoms with van der Waals surface area (Å²) in [6.45, 7) is 2.51. The van der Waals surface area contributed by atoms with Gasteiger partial charge >= 0.3 is 0 Å². The molecule has 0 atom stereocenters. The van der Waals surface area contributed by atoms with Crippen LogP contribution in [-0.4, -0.2) is 16.6 Å². The fraction of sp³-hybridized carbons (Fsp3) is 0.154. The summed E-state index contributed by atoms with van der Waals surface area (Å²) in [5.41, 5.74) is 6.13. The molecule has 0 unspecified atom stereocenters. The smallest absolute Gasteiger partial charge is 0.282 e. The number of hydrogen-bond acceptors (Lipinski definition) is 6. The predicted molar refractivity (Wildman–Crippen MR) is 76.8 cm³/mol. The molecule has 2 aromatic heterocycles. The first kappa shape index (κ1) is 11.9. The number of nitrogens with zero attached hydrogens (tertiary/aromatic N) is 2. The molecular formula is C13H11N3O2S. The summed E-state index contributed by atoms with van der Waals surface area (Å²) in [7, 11) is 0. The highest BCUT2D eigenvalue weighted by atomic mass is 32.1. The van der Waals surface area contributed by atoms with E-state index >= 15 is 0 Å². The summed E-state index contributed by atoms with van der Waals surface area (Å²) in [5.74, 6) is 0.749. The summed E-state index contributed by atoms with van der Waals surface area (Å²) in [6.07, 6.45) is 1.54. The summed E-state index contributed by atoms with van der Waals surface area (Å²) in [4.78, 5) is 19.8. The third-order valence-corrected chi connectivity index (χ3v) is 3.69. The Morgan fingerprint density at radius 2 is 2.21 bits per heavy atom. The number of nitrogen functional groups attached to an aromatic ring is 1. The Balaban J connectivity index is 2.42. The lowest BCUT2D eigenvalue weighted by molar-refractivity contribution is 0.341. The van der Waals surface area contributed by atoms with E-state index in [1.807, 2.05) is 25.1 Å². The van der Waals surface area contributed by atoms with E-state index in [2.05, 4.69) is 9.97 Å². The molecule has 2 heterocycles. The first-order valence-corrected chi connectivity index (χ1v) is 6.62. The standard InChI is InChI=1S/C13H11N3O2S/c1-2-18-7-3-4-10-8(5-7)11-9(6-15-10)12(17)16-13(14)19-11/h3-6H,2H2,1H3,(H2,14,16,17). The maximum atomic E-state index is 11.8. The van der Waals surface area contributed by atoms with Crippen LogP contribution in [-0.2, 0) is 0 Å². The van der Waals surface area contributed by atoms with Crippen LogP contribution in [0.15, 0.2) is 29.2 Å². The Kier molecular flexibility index (Phi) is 2.79. The number of hydrogen-bond donors (Lipinski definition) is 1. The topological polar surface area (TPSA) is 78.1 Å². The Morgan fingerprint density at radius 3 is 3.00 bits per heavy atom. The lowest BCUT2D eigenvalue weighted by Gasteiger charge is -2.06. The largest absolute Gasteiger partial charge is 0.494 e. The van der Waals surface area contributed by atoms with E-state index in [9.17, 15) is 4.79 Å². The quantitative estimate of drug-likeness (QED) is 0.724. The van der Waals surface area contributed by atoms with Crippen molar-refractivity contribution in [3.8, 4) is 5.75 Å². The Morgan fingerprint density at radius 1 is 1.37 bits per heavy atom. The van der Waals surface area contributed by atoms with Gasteiger partial charge in [0.1, 0.15) is 5.75 Å². The third-order valence-electron chi connectivity index (χ3n) is 2.75. The number of benzene rings is 1. The van der Waals surface area contributed by atoms with Crippen molar-refractivity contribution in [2.24, 2.45) is 0 Å². The zero-order valence-corrected chi connectivity index (χ0v) is 11.0. The summed E-state index contributed by atoms with van der Waals surface area (Å²) < 4.78 is 6.27. The first-order valence-electron chi connectivity index (χ1n) is 5.81. The van der Waals surface area contributed by atoms with Crippen LogP contribution in [0.3, 0.4) is 0 Å². The van der Waals surface area contributed by atoms with Crippen molar-refractivity contribution in [3.63, 3.8) is 0 Å². The van der Waals surface area contributed by atoms with E-state index in [-0.39, 0.29) is 10.7 Å². The SMILES string of the molecule is CCOc1ccc2ncc3c(=O)nc(N)sc3c2c1. The molecule has 2 N–H and O–H groups in total. The molecule has 0 saturated heterocycles. The number of nitrogens with two attached hydrogens (primary N) is 1. The summed E-state index contributed by atoms with van der Waals surface area (Å²) in [6, 6.07) is 5.61. The Bertz CT molecular complexity index is 829. The van der Waals surface area contributed by atoms with Crippen LogP contribution in [0.4, 0.5) is 5.13 Å². The molecule has 5 nitrogen and oxygen atoms in total. The minimum absolute atomic E-state index is 0.256. The molecule has 96 valence electrons. The molecule has 3 rings (SSSR count). The molecule has 0 aliphatic carbocycles. The second-order valence-electron chi connectivity index (χ2n) is 3.97.